The molecule has 3 N–H and O–H groups in total. The fraction of sp³-hybridized carbons (Fsp3) is 0. The number of H-pyrrole nitrogens is 1. The molecule has 66 valence electrons. The van der Waals surface area contributed by atoms with Gasteiger partial charge in [0, 0.05) is 18.6 Å². The van der Waals surface area contributed by atoms with Crippen LogP contribution in [0.1, 0.15) is 0 Å². The number of nitrogens with two attached hydrogens (primary N) is 1. The normalized spacial score (nSPS) is 10.2. The lowest BCUT2D eigenvalue weighted by Crippen LogP contribution is -2.17. The van der Waals surface area contributed by atoms with Crippen molar-refractivity contribution in [3.05, 3.63) is 24.9 Å². The van der Waals surface area contributed by atoms with E-state index in [1.807, 2.05) is 0 Å². The summed E-state index contributed by atoms with van der Waals surface area (Å²) in [4.78, 5) is 21.5. The zero-order valence-corrected chi connectivity index (χ0v) is 6.64. The number of nitrogens with zero attached hydrogens (tertiary/aromatic N) is 3. The van der Waals surface area contributed by atoms with Crippen molar-refractivity contribution in [1.82, 2.24) is 19.5 Å². The third-order valence-electron chi connectivity index (χ3n) is 1.58. The summed E-state index contributed by atoms with van der Waals surface area (Å²) in [7, 11) is 0. The Hall–Kier alpha value is -2.11. The Morgan fingerprint density at radius 3 is 2.92 bits per heavy atom. The predicted molar refractivity (Wildman–Crippen MR) is 44.8 cm³/mol. The number of amides is 1. The molecular formula is C7H7N5O. The molecule has 2 aromatic rings. The van der Waals surface area contributed by atoms with E-state index in [2.05, 4.69) is 15.0 Å². The topological polar surface area (TPSA) is 89.6 Å². The SMILES string of the molecule is NC(=O)n1cnc(-c2ncc[nH]2)c1. The highest BCUT2D eigenvalue weighted by Gasteiger charge is 2.05. The van der Waals surface area contributed by atoms with Gasteiger partial charge in [0.15, 0.2) is 5.82 Å². The summed E-state index contributed by atoms with van der Waals surface area (Å²) in [5.41, 5.74) is 5.62. The Kier molecular flexibility index (Phi) is 1.59. The predicted octanol–water partition coefficient (Wildman–Crippen LogP) is 0.200. The molecule has 0 saturated carbocycles. The molecule has 0 spiro atoms. The van der Waals surface area contributed by atoms with Crippen LogP contribution in [-0.2, 0) is 0 Å². The van der Waals surface area contributed by atoms with Gasteiger partial charge < -0.3 is 10.7 Å². The third kappa shape index (κ3) is 1.28. The average molecular weight is 177 g/mol. The van der Waals surface area contributed by atoms with E-state index in [1.165, 1.54) is 17.1 Å². The van der Waals surface area contributed by atoms with E-state index in [9.17, 15) is 4.79 Å². The monoisotopic (exact) mass is 177 g/mol. The minimum atomic E-state index is -0.565. The molecule has 0 aliphatic heterocycles. The van der Waals surface area contributed by atoms with Crippen LogP contribution < -0.4 is 5.73 Å². The Balaban J connectivity index is 2.39. The van der Waals surface area contributed by atoms with Gasteiger partial charge in [0.25, 0.3) is 0 Å². The molecule has 0 bridgehead atoms. The van der Waals surface area contributed by atoms with Crippen LogP contribution in [0.2, 0.25) is 0 Å². The molecule has 0 aromatic carbocycles. The van der Waals surface area contributed by atoms with Crippen LogP contribution in [0.15, 0.2) is 24.9 Å². The Labute approximate surface area is 73.4 Å². The molecule has 0 atom stereocenters. The van der Waals surface area contributed by atoms with Gasteiger partial charge in [-0.25, -0.2) is 14.8 Å². The highest BCUT2D eigenvalue weighted by atomic mass is 16.2. The van der Waals surface area contributed by atoms with Crippen molar-refractivity contribution >= 4 is 6.03 Å². The first-order valence-corrected chi connectivity index (χ1v) is 3.61. The number of hydrogen-bond donors (Lipinski definition) is 2. The summed E-state index contributed by atoms with van der Waals surface area (Å²) in [6.45, 7) is 0. The number of primary amides is 1. The van der Waals surface area contributed by atoms with E-state index < -0.39 is 6.03 Å². The molecule has 2 heterocycles. The molecule has 0 aliphatic rings. The number of aromatic nitrogens is 4. The van der Waals surface area contributed by atoms with E-state index >= 15 is 0 Å². The lowest BCUT2D eigenvalue weighted by molar-refractivity contribution is 0.250. The van der Waals surface area contributed by atoms with Crippen LogP contribution in [0, 0.1) is 0 Å². The third-order valence-corrected chi connectivity index (χ3v) is 1.58. The molecule has 0 fully saturated rings. The first-order chi connectivity index (χ1) is 6.27. The van der Waals surface area contributed by atoms with Gasteiger partial charge >= 0.3 is 6.03 Å². The van der Waals surface area contributed by atoms with E-state index in [1.54, 1.807) is 12.4 Å². The average Bonchev–Trinajstić information content (AvgIpc) is 2.75. The van der Waals surface area contributed by atoms with Crippen molar-refractivity contribution in [2.24, 2.45) is 5.73 Å². The van der Waals surface area contributed by atoms with Crippen LogP contribution in [0.3, 0.4) is 0 Å². The lowest BCUT2D eigenvalue weighted by Gasteiger charge is -1.89. The quantitative estimate of drug-likeness (QED) is 0.651. The zero-order valence-electron chi connectivity index (χ0n) is 6.64. The molecule has 13 heavy (non-hydrogen) atoms. The lowest BCUT2D eigenvalue weighted by atomic mass is 10.5. The second-order valence-corrected chi connectivity index (χ2v) is 2.44. The molecule has 2 rings (SSSR count). The summed E-state index contributed by atoms with van der Waals surface area (Å²) in [5, 5.41) is 0. The smallest absolute Gasteiger partial charge is 0.324 e. The van der Waals surface area contributed by atoms with Gasteiger partial charge in [-0.2, -0.15) is 0 Å². The van der Waals surface area contributed by atoms with Gasteiger partial charge in [-0.1, -0.05) is 0 Å². The summed E-state index contributed by atoms with van der Waals surface area (Å²) < 4.78 is 1.19. The number of aromatic amines is 1. The van der Waals surface area contributed by atoms with E-state index in [4.69, 9.17) is 5.73 Å². The highest BCUT2D eigenvalue weighted by molar-refractivity contribution is 5.75. The van der Waals surface area contributed by atoms with Gasteiger partial charge in [0.2, 0.25) is 0 Å². The Morgan fingerprint density at radius 2 is 2.38 bits per heavy atom. The van der Waals surface area contributed by atoms with E-state index in [-0.39, 0.29) is 0 Å². The molecule has 0 radical (unpaired) electrons. The molecule has 2 aromatic heterocycles. The van der Waals surface area contributed by atoms with Crippen molar-refractivity contribution in [2.75, 3.05) is 0 Å². The maximum absolute atomic E-state index is 10.7. The summed E-state index contributed by atoms with van der Waals surface area (Å²) in [6, 6.07) is -0.565. The number of carbonyl (C=O) groups is 1. The number of hydrogen-bond acceptors (Lipinski definition) is 3. The fourth-order valence-corrected chi connectivity index (χ4v) is 0.971. The molecule has 6 heteroatoms. The maximum Gasteiger partial charge on any atom is 0.324 e. The minimum Gasteiger partial charge on any atom is -0.351 e. The Morgan fingerprint density at radius 1 is 1.54 bits per heavy atom. The van der Waals surface area contributed by atoms with Gasteiger partial charge in [0.1, 0.15) is 12.0 Å². The number of nitrogens with one attached hydrogen (secondary N) is 1. The van der Waals surface area contributed by atoms with Crippen molar-refractivity contribution < 1.29 is 4.79 Å². The highest BCUT2D eigenvalue weighted by Crippen LogP contribution is 2.09. The summed E-state index contributed by atoms with van der Waals surface area (Å²) >= 11 is 0. The molecule has 0 saturated heterocycles. The zero-order chi connectivity index (χ0) is 9.26. The number of rotatable bonds is 1. The van der Waals surface area contributed by atoms with Gasteiger partial charge in [-0.15, -0.1) is 0 Å². The summed E-state index contributed by atoms with van der Waals surface area (Å²) in [6.07, 6.45) is 6.15. The minimum absolute atomic E-state index is 0.565. The first-order valence-electron chi connectivity index (χ1n) is 3.61. The molecule has 1 amide bonds. The van der Waals surface area contributed by atoms with Crippen LogP contribution in [0.25, 0.3) is 11.5 Å². The molecule has 0 unspecified atom stereocenters. The van der Waals surface area contributed by atoms with Gasteiger partial charge in [-0.05, 0) is 0 Å². The van der Waals surface area contributed by atoms with E-state index in [0.29, 0.717) is 11.5 Å². The van der Waals surface area contributed by atoms with Crippen LogP contribution in [-0.4, -0.2) is 25.6 Å². The van der Waals surface area contributed by atoms with Crippen LogP contribution >= 0.6 is 0 Å². The summed E-state index contributed by atoms with van der Waals surface area (Å²) in [5.74, 6) is 0.611. The van der Waals surface area contributed by atoms with Gasteiger partial charge in [0.05, 0.1) is 0 Å². The van der Waals surface area contributed by atoms with Crippen molar-refractivity contribution in [1.29, 1.82) is 0 Å². The number of carbonyl (C=O) groups excluding carboxylic acids is 1. The standard InChI is InChI=1S/C7H7N5O/c8-7(13)12-3-5(11-4-12)6-9-1-2-10-6/h1-4H,(H2,8,13)(H,9,10). The second kappa shape index (κ2) is 2.74. The fourth-order valence-electron chi connectivity index (χ4n) is 0.971. The molecular weight excluding hydrogens is 170 g/mol. The largest absolute Gasteiger partial charge is 0.351 e. The van der Waals surface area contributed by atoms with Crippen molar-refractivity contribution in [3.63, 3.8) is 0 Å². The first kappa shape index (κ1) is 7.53. The number of imidazole rings is 2. The van der Waals surface area contributed by atoms with Crippen LogP contribution in [0.5, 0.6) is 0 Å². The van der Waals surface area contributed by atoms with E-state index in [0.717, 1.165) is 0 Å². The van der Waals surface area contributed by atoms with Crippen LogP contribution in [0.4, 0.5) is 4.79 Å². The van der Waals surface area contributed by atoms with Crippen molar-refractivity contribution in [2.45, 2.75) is 0 Å². The van der Waals surface area contributed by atoms with Gasteiger partial charge in [-0.3, -0.25) is 4.57 Å². The maximum atomic E-state index is 10.7. The van der Waals surface area contributed by atoms with Crippen molar-refractivity contribution in [3.8, 4) is 11.5 Å². The molecule has 0 aliphatic carbocycles. The second-order valence-electron chi connectivity index (χ2n) is 2.44. The molecule has 6 nitrogen and oxygen atoms in total. The Bertz CT molecular complexity index is 416.